The first-order valence-electron chi connectivity index (χ1n) is 10.8. The molecule has 0 radical (unpaired) electrons. The second kappa shape index (κ2) is 8.43. The number of hydrogen-bond acceptors (Lipinski definition) is 4. The molecule has 0 aromatic heterocycles. The zero-order valence-corrected chi connectivity index (χ0v) is 19.5. The van der Waals surface area contributed by atoms with Crippen LogP contribution in [-0.2, 0) is 16.2 Å². The maximum Gasteiger partial charge on any atom is 0.268 e. The molecule has 2 aliphatic rings. The van der Waals surface area contributed by atoms with Gasteiger partial charge in [-0.15, -0.1) is 11.8 Å². The van der Waals surface area contributed by atoms with E-state index in [1.54, 1.807) is 42.3 Å². The number of thioether (sulfide) groups is 1. The van der Waals surface area contributed by atoms with Gasteiger partial charge in [-0.05, 0) is 54.4 Å². The van der Waals surface area contributed by atoms with E-state index in [1.165, 1.54) is 22.7 Å². The van der Waals surface area contributed by atoms with Crippen molar-refractivity contribution >= 4 is 29.3 Å². The summed E-state index contributed by atoms with van der Waals surface area (Å²) in [5, 5.41) is 0. The van der Waals surface area contributed by atoms with E-state index in [1.807, 2.05) is 19.1 Å². The number of halogens is 2. The van der Waals surface area contributed by atoms with Crippen molar-refractivity contribution in [1.29, 1.82) is 0 Å². The fraction of sp³-hybridized carbons (Fsp3) is 0.231. The first kappa shape index (κ1) is 22.4. The van der Waals surface area contributed by atoms with E-state index >= 15 is 0 Å². The molecule has 2 amide bonds. The van der Waals surface area contributed by atoms with Crippen molar-refractivity contribution < 1.29 is 23.1 Å². The summed E-state index contributed by atoms with van der Waals surface area (Å²) in [6.07, 6.45) is 0. The maximum absolute atomic E-state index is 14.1. The molecule has 5 nitrogen and oxygen atoms in total. The summed E-state index contributed by atoms with van der Waals surface area (Å²) in [5.41, 5.74) is 3.09. The van der Waals surface area contributed by atoms with Gasteiger partial charge in [0, 0.05) is 23.4 Å². The number of anilines is 1. The summed E-state index contributed by atoms with van der Waals surface area (Å²) >= 11 is 1.40. The van der Waals surface area contributed by atoms with E-state index in [2.05, 4.69) is 0 Å². The highest BCUT2D eigenvalue weighted by Crippen LogP contribution is 2.55. The van der Waals surface area contributed by atoms with Crippen molar-refractivity contribution in [2.24, 2.45) is 0 Å². The number of aryl methyl sites for hydroxylation is 1. The molecule has 1 atom stereocenters. The second-order valence-corrected chi connectivity index (χ2v) is 9.57. The number of rotatable bonds is 4. The van der Waals surface area contributed by atoms with Gasteiger partial charge < -0.3 is 14.5 Å². The molecular formula is C26H22F2N2O3S. The van der Waals surface area contributed by atoms with Crippen molar-refractivity contribution in [3.05, 3.63) is 94.6 Å². The highest BCUT2D eigenvalue weighted by Gasteiger charge is 2.59. The van der Waals surface area contributed by atoms with Gasteiger partial charge in [0.1, 0.15) is 5.75 Å². The third kappa shape index (κ3) is 3.36. The Labute approximate surface area is 200 Å². The molecule has 3 aromatic carbocycles. The van der Waals surface area contributed by atoms with Gasteiger partial charge in [0.25, 0.3) is 11.8 Å². The van der Waals surface area contributed by atoms with Crippen LogP contribution in [0.1, 0.15) is 27.0 Å². The van der Waals surface area contributed by atoms with Crippen LogP contribution in [0.4, 0.5) is 14.5 Å². The fourth-order valence-corrected chi connectivity index (χ4v) is 6.11. The van der Waals surface area contributed by atoms with E-state index in [0.29, 0.717) is 40.4 Å². The Balaban J connectivity index is 1.62. The molecule has 0 N–H and O–H groups in total. The lowest BCUT2D eigenvalue weighted by Crippen LogP contribution is -2.50. The van der Waals surface area contributed by atoms with Gasteiger partial charge in [0.2, 0.25) is 0 Å². The predicted octanol–water partition coefficient (Wildman–Crippen LogP) is 4.87. The Morgan fingerprint density at radius 3 is 2.62 bits per heavy atom. The van der Waals surface area contributed by atoms with Crippen LogP contribution >= 0.6 is 11.8 Å². The number of fused-ring (bicyclic) bond motifs is 2. The van der Waals surface area contributed by atoms with Crippen LogP contribution < -0.4 is 9.64 Å². The molecule has 0 aliphatic carbocycles. The van der Waals surface area contributed by atoms with Gasteiger partial charge >= 0.3 is 0 Å². The zero-order valence-electron chi connectivity index (χ0n) is 18.7. The van der Waals surface area contributed by atoms with E-state index in [4.69, 9.17) is 4.74 Å². The number of amides is 2. The summed E-state index contributed by atoms with van der Waals surface area (Å²) in [6, 6.07) is 16.2. The molecule has 5 rings (SSSR count). The van der Waals surface area contributed by atoms with Crippen LogP contribution in [0.25, 0.3) is 0 Å². The number of carbonyl (C=O) groups is 2. The van der Waals surface area contributed by atoms with Crippen molar-refractivity contribution in [2.75, 3.05) is 24.3 Å². The van der Waals surface area contributed by atoms with Crippen LogP contribution in [0.15, 0.2) is 60.7 Å². The summed E-state index contributed by atoms with van der Waals surface area (Å²) in [7, 11) is 1.54. The topological polar surface area (TPSA) is 49.9 Å². The van der Waals surface area contributed by atoms with Crippen molar-refractivity contribution in [3.8, 4) is 5.75 Å². The molecule has 2 heterocycles. The fourth-order valence-electron chi connectivity index (χ4n) is 4.66. The Morgan fingerprint density at radius 2 is 1.88 bits per heavy atom. The summed E-state index contributed by atoms with van der Waals surface area (Å²) < 4.78 is 32.8. The number of nitrogens with zero attached hydrogens (tertiary/aromatic N) is 2. The minimum Gasteiger partial charge on any atom is -0.497 e. The molecule has 174 valence electrons. The number of methoxy groups -OCH3 is 1. The monoisotopic (exact) mass is 480 g/mol. The van der Waals surface area contributed by atoms with Crippen LogP contribution in [-0.4, -0.2) is 36.1 Å². The van der Waals surface area contributed by atoms with Gasteiger partial charge in [-0.3, -0.25) is 9.59 Å². The van der Waals surface area contributed by atoms with Crippen LogP contribution in [0.3, 0.4) is 0 Å². The van der Waals surface area contributed by atoms with Crippen molar-refractivity contribution in [3.63, 3.8) is 0 Å². The summed E-state index contributed by atoms with van der Waals surface area (Å²) in [5.74, 6) is -1.28. The smallest absolute Gasteiger partial charge is 0.268 e. The Kier molecular flexibility index (Phi) is 5.56. The van der Waals surface area contributed by atoms with Crippen LogP contribution in [0, 0.1) is 18.6 Å². The maximum atomic E-state index is 14.1. The van der Waals surface area contributed by atoms with E-state index in [-0.39, 0.29) is 18.4 Å². The predicted molar refractivity (Wildman–Crippen MR) is 127 cm³/mol. The van der Waals surface area contributed by atoms with E-state index in [0.717, 1.165) is 17.7 Å². The van der Waals surface area contributed by atoms with Gasteiger partial charge in [-0.1, -0.05) is 24.3 Å². The Morgan fingerprint density at radius 1 is 1.09 bits per heavy atom. The van der Waals surface area contributed by atoms with Gasteiger partial charge in [-0.25, -0.2) is 8.78 Å². The first-order valence-corrected chi connectivity index (χ1v) is 11.8. The Hall–Kier alpha value is -3.39. The number of benzene rings is 3. The van der Waals surface area contributed by atoms with Crippen molar-refractivity contribution in [1.82, 2.24) is 4.90 Å². The molecule has 3 aromatic rings. The molecule has 1 spiro atoms. The normalized spacial score (nSPS) is 19.1. The number of carbonyl (C=O) groups excluding carboxylic acids is 2. The van der Waals surface area contributed by atoms with Crippen LogP contribution in [0.5, 0.6) is 5.75 Å². The summed E-state index contributed by atoms with van der Waals surface area (Å²) in [6.45, 7) is 2.31. The molecule has 34 heavy (non-hydrogen) atoms. The molecule has 0 unspecified atom stereocenters. The third-order valence-corrected chi connectivity index (χ3v) is 7.77. The third-order valence-electron chi connectivity index (χ3n) is 6.35. The molecule has 0 saturated carbocycles. The minimum atomic E-state index is -1.26. The Bertz CT molecular complexity index is 1310. The van der Waals surface area contributed by atoms with Crippen molar-refractivity contribution in [2.45, 2.75) is 18.3 Å². The molecule has 1 saturated heterocycles. The van der Waals surface area contributed by atoms with E-state index < -0.39 is 16.5 Å². The van der Waals surface area contributed by atoms with E-state index in [9.17, 15) is 18.4 Å². The standard InChI is InChI=1S/C26H22F2N2O3S/c1-16-5-3-4-6-19(16)24(31)30-11-12-34-26(30)20-14-18(33-2)8-10-23(20)29(25(26)32)15-17-7-9-21(27)22(28)13-17/h3-10,13-14H,11-12,15H2,1-2H3/t26-/m1/s1. The summed E-state index contributed by atoms with van der Waals surface area (Å²) in [4.78, 5) is 29.7. The number of hydrogen-bond donors (Lipinski definition) is 0. The molecule has 8 heteroatoms. The van der Waals surface area contributed by atoms with Gasteiger partial charge in [0.15, 0.2) is 16.5 Å². The number of ether oxygens (including phenoxy) is 1. The molecular weight excluding hydrogens is 458 g/mol. The average molecular weight is 481 g/mol. The molecule has 1 fully saturated rings. The minimum absolute atomic E-state index is 0.0457. The molecule has 2 aliphatic heterocycles. The lowest BCUT2D eigenvalue weighted by atomic mass is 10.0. The molecule has 0 bridgehead atoms. The largest absolute Gasteiger partial charge is 0.497 e. The van der Waals surface area contributed by atoms with Crippen LogP contribution in [0.2, 0.25) is 0 Å². The second-order valence-electron chi connectivity index (χ2n) is 8.29. The first-order chi connectivity index (χ1) is 16.4. The van der Waals surface area contributed by atoms with Gasteiger partial charge in [-0.2, -0.15) is 0 Å². The lowest BCUT2D eigenvalue weighted by Gasteiger charge is -2.33. The SMILES string of the molecule is COc1ccc2c(c1)[C@@]1(SCCN1C(=O)c1ccccc1C)C(=O)N2Cc1ccc(F)c(F)c1. The lowest BCUT2D eigenvalue weighted by molar-refractivity contribution is -0.123. The average Bonchev–Trinajstić information content (AvgIpc) is 3.38. The quantitative estimate of drug-likeness (QED) is 0.535. The highest BCUT2D eigenvalue weighted by atomic mass is 32.2. The zero-order chi connectivity index (χ0) is 24.0. The van der Waals surface area contributed by atoms with Gasteiger partial charge in [0.05, 0.1) is 19.3 Å². The highest BCUT2D eigenvalue weighted by molar-refractivity contribution is 8.01.